The van der Waals surface area contributed by atoms with Gasteiger partial charge in [-0.25, -0.2) is 4.68 Å². The van der Waals surface area contributed by atoms with Crippen LogP contribution in [0.2, 0.25) is 0 Å². The number of aromatic nitrogens is 4. The van der Waals surface area contributed by atoms with E-state index in [1.165, 1.54) is 5.56 Å². The fourth-order valence-electron chi connectivity index (χ4n) is 3.19. The molecular formula is C21H25N5OS. The number of rotatable bonds is 8. The van der Waals surface area contributed by atoms with Gasteiger partial charge in [-0.05, 0) is 68.9 Å². The second-order valence-electron chi connectivity index (χ2n) is 7.33. The van der Waals surface area contributed by atoms with Gasteiger partial charge in [-0.3, -0.25) is 14.5 Å². The molecule has 28 heavy (non-hydrogen) atoms. The first kappa shape index (κ1) is 18.8. The van der Waals surface area contributed by atoms with Crippen molar-refractivity contribution in [2.24, 2.45) is 0 Å². The largest absolute Gasteiger partial charge is 0.492 e. The van der Waals surface area contributed by atoms with Crippen molar-refractivity contribution < 1.29 is 4.74 Å². The Labute approximate surface area is 170 Å². The molecule has 0 bridgehead atoms. The maximum atomic E-state index is 5.86. The van der Waals surface area contributed by atoms with Gasteiger partial charge >= 0.3 is 0 Å². The Bertz CT molecular complexity index is 994. The second-order valence-corrected chi connectivity index (χ2v) is 7.70. The van der Waals surface area contributed by atoms with E-state index < -0.39 is 0 Å². The van der Waals surface area contributed by atoms with Gasteiger partial charge in [-0.2, -0.15) is 5.10 Å². The van der Waals surface area contributed by atoms with Crippen LogP contribution in [0.5, 0.6) is 5.75 Å². The number of pyridine rings is 1. The summed E-state index contributed by atoms with van der Waals surface area (Å²) in [6.45, 7) is 4.10. The lowest BCUT2D eigenvalue weighted by atomic mass is 10.2. The molecule has 0 radical (unpaired) electrons. The van der Waals surface area contributed by atoms with Crippen LogP contribution < -0.4 is 4.74 Å². The lowest BCUT2D eigenvalue weighted by Crippen LogP contribution is -2.27. The number of hydrogen-bond donors (Lipinski definition) is 0. The van der Waals surface area contributed by atoms with Crippen molar-refractivity contribution >= 4 is 12.2 Å². The molecule has 0 amide bonds. The molecule has 0 N–H and O–H groups in total. The molecule has 1 aliphatic rings. The van der Waals surface area contributed by atoms with Crippen LogP contribution in [0.3, 0.4) is 0 Å². The predicted octanol–water partition coefficient (Wildman–Crippen LogP) is 4.09. The molecule has 1 aromatic carbocycles. The SMILES string of the molecule is Cc1cccc(OCCN(C)Cn2nc(-c3cccnc3)n(C3CC3)c2=S)c1. The maximum absolute atomic E-state index is 5.86. The van der Waals surface area contributed by atoms with Gasteiger partial charge in [-0.15, -0.1) is 0 Å². The van der Waals surface area contributed by atoms with E-state index in [-0.39, 0.29) is 0 Å². The summed E-state index contributed by atoms with van der Waals surface area (Å²) in [6.07, 6.45) is 5.94. The highest BCUT2D eigenvalue weighted by Gasteiger charge is 2.29. The molecule has 0 unspecified atom stereocenters. The lowest BCUT2D eigenvalue weighted by molar-refractivity contribution is 0.197. The Balaban J connectivity index is 1.43. The monoisotopic (exact) mass is 395 g/mol. The first-order valence-corrected chi connectivity index (χ1v) is 10.0. The van der Waals surface area contributed by atoms with Gasteiger partial charge in [0.25, 0.3) is 0 Å². The van der Waals surface area contributed by atoms with Gasteiger partial charge in [0, 0.05) is 30.5 Å². The number of aryl methyl sites for hydroxylation is 1. The van der Waals surface area contributed by atoms with Crippen molar-refractivity contribution in [1.29, 1.82) is 0 Å². The zero-order chi connectivity index (χ0) is 19.5. The molecule has 4 rings (SSSR count). The third-order valence-corrected chi connectivity index (χ3v) is 5.22. The number of hydrogen-bond acceptors (Lipinski definition) is 5. The van der Waals surface area contributed by atoms with E-state index in [0.717, 1.165) is 41.3 Å². The number of likely N-dealkylation sites (N-methyl/N-ethyl adjacent to an activating group) is 1. The molecule has 0 spiro atoms. The van der Waals surface area contributed by atoms with Gasteiger partial charge in [-0.1, -0.05) is 12.1 Å². The third kappa shape index (κ3) is 4.31. The highest BCUT2D eigenvalue weighted by Crippen LogP contribution is 2.38. The minimum absolute atomic E-state index is 0.464. The molecule has 2 heterocycles. The second kappa shape index (κ2) is 8.24. The Morgan fingerprint density at radius 1 is 1.25 bits per heavy atom. The zero-order valence-corrected chi connectivity index (χ0v) is 17.1. The summed E-state index contributed by atoms with van der Waals surface area (Å²) in [5.41, 5.74) is 2.20. The molecule has 0 atom stereocenters. The van der Waals surface area contributed by atoms with Crippen molar-refractivity contribution in [3.63, 3.8) is 0 Å². The normalized spacial score (nSPS) is 13.8. The van der Waals surface area contributed by atoms with Gasteiger partial charge < -0.3 is 4.74 Å². The third-order valence-electron chi connectivity index (χ3n) is 4.81. The van der Waals surface area contributed by atoms with Crippen molar-refractivity contribution in [3.8, 4) is 17.1 Å². The first-order chi connectivity index (χ1) is 13.6. The Morgan fingerprint density at radius 2 is 2.11 bits per heavy atom. The van der Waals surface area contributed by atoms with Crippen LogP contribution >= 0.6 is 12.2 Å². The van der Waals surface area contributed by atoms with E-state index in [9.17, 15) is 0 Å². The van der Waals surface area contributed by atoms with Crippen LogP contribution in [0.15, 0.2) is 48.8 Å². The van der Waals surface area contributed by atoms with Crippen molar-refractivity contribution in [3.05, 3.63) is 59.1 Å². The fraction of sp³-hybridized carbons (Fsp3) is 0.381. The number of benzene rings is 1. The quantitative estimate of drug-likeness (QED) is 0.538. The van der Waals surface area contributed by atoms with Crippen LogP contribution in [-0.4, -0.2) is 44.4 Å². The van der Waals surface area contributed by atoms with Crippen LogP contribution in [0, 0.1) is 11.7 Å². The van der Waals surface area contributed by atoms with Crippen LogP contribution in [0.25, 0.3) is 11.4 Å². The van der Waals surface area contributed by atoms with Gasteiger partial charge in [0.05, 0.1) is 6.67 Å². The smallest absolute Gasteiger partial charge is 0.199 e. The van der Waals surface area contributed by atoms with E-state index in [0.29, 0.717) is 19.3 Å². The predicted molar refractivity (Wildman–Crippen MR) is 112 cm³/mol. The number of ether oxygens (including phenoxy) is 1. The standard InChI is InChI=1S/C21H25N5OS/c1-16-5-3-7-19(13-16)27-12-11-24(2)15-25-21(28)26(18-8-9-18)20(23-25)17-6-4-10-22-14-17/h3-7,10,13-14,18H,8-9,11-12,15H2,1-2H3. The van der Waals surface area contributed by atoms with Crippen LogP contribution in [0.1, 0.15) is 24.4 Å². The number of nitrogens with zero attached hydrogens (tertiary/aromatic N) is 5. The maximum Gasteiger partial charge on any atom is 0.199 e. The molecule has 2 aromatic heterocycles. The summed E-state index contributed by atoms with van der Waals surface area (Å²) in [5, 5.41) is 4.81. The molecule has 0 aliphatic heterocycles. The van der Waals surface area contributed by atoms with E-state index in [1.807, 2.05) is 41.2 Å². The van der Waals surface area contributed by atoms with Gasteiger partial charge in [0.1, 0.15) is 12.4 Å². The molecule has 1 saturated carbocycles. The summed E-state index contributed by atoms with van der Waals surface area (Å²) in [5.74, 6) is 1.81. The topological polar surface area (TPSA) is 48.1 Å². The molecule has 0 saturated heterocycles. The van der Waals surface area contributed by atoms with Crippen molar-refractivity contribution in [1.82, 2.24) is 24.2 Å². The van der Waals surface area contributed by atoms with E-state index in [1.54, 1.807) is 6.20 Å². The van der Waals surface area contributed by atoms with E-state index in [4.69, 9.17) is 22.1 Å². The van der Waals surface area contributed by atoms with E-state index >= 15 is 0 Å². The molecular weight excluding hydrogens is 370 g/mol. The lowest BCUT2D eigenvalue weighted by Gasteiger charge is -2.16. The molecule has 6 nitrogen and oxygen atoms in total. The van der Waals surface area contributed by atoms with Gasteiger partial charge in [0.15, 0.2) is 10.6 Å². The Hall–Kier alpha value is -2.51. The molecule has 1 aliphatic carbocycles. The first-order valence-electron chi connectivity index (χ1n) is 9.59. The Morgan fingerprint density at radius 3 is 2.82 bits per heavy atom. The van der Waals surface area contributed by atoms with Gasteiger partial charge in [0.2, 0.25) is 0 Å². The average Bonchev–Trinajstić information content (AvgIpc) is 3.47. The summed E-state index contributed by atoms with van der Waals surface area (Å²) in [7, 11) is 2.06. The average molecular weight is 396 g/mol. The minimum Gasteiger partial charge on any atom is -0.492 e. The van der Waals surface area contributed by atoms with Crippen molar-refractivity contribution in [2.45, 2.75) is 32.5 Å². The summed E-state index contributed by atoms with van der Waals surface area (Å²) >= 11 is 5.74. The molecule has 7 heteroatoms. The van der Waals surface area contributed by atoms with Crippen molar-refractivity contribution in [2.75, 3.05) is 20.2 Å². The van der Waals surface area contributed by atoms with E-state index in [2.05, 4.69) is 34.5 Å². The van der Waals surface area contributed by atoms with Crippen LogP contribution in [-0.2, 0) is 6.67 Å². The van der Waals surface area contributed by atoms with Crippen LogP contribution in [0.4, 0.5) is 0 Å². The summed E-state index contributed by atoms with van der Waals surface area (Å²) in [6, 6.07) is 12.5. The highest BCUT2D eigenvalue weighted by atomic mass is 32.1. The summed E-state index contributed by atoms with van der Waals surface area (Å²) in [4.78, 5) is 6.40. The molecule has 146 valence electrons. The fourth-order valence-corrected chi connectivity index (χ4v) is 3.52. The minimum atomic E-state index is 0.464. The zero-order valence-electron chi connectivity index (χ0n) is 16.3. The highest BCUT2D eigenvalue weighted by molar-refractivity contribution is 7.71. The summed E-state index contributed by atoms with van der Waals surface area (Å²) < 4.78 is 10.7. The molecule has 3 aromatic rings. The Kier molecular flexibility index (Phi) is 5.54. The molecule has 1 fully saturated rings.